The van der Waals surface area contributed by atoms with Crippen molar-refractivity contribution in [3.8, 4) is 17.2 Å². The fourth-order valence-electron chi connectivity index (χ4n) is 2.67. The number of halogens is 1. The minimum absolute atomic E-state index is 0.00156. The van der Waals surface area contributed by atoms with Crippen molar-refractivity contribution in [1.82, 2.24) is 15.1 Å². The number of hydrogen-bond donors (Lipinski definition) is 0. The zero-order valence-corrected chi connectivity index (χ0v) is 18.0. The van der Waals surface area contributed by atoms with Gasteiger partial charge in [-0.3, -0.25) is 4.79 Å². The first-order chi connectivity index (χ1) is 14.0. The number of carbonyl (C=O) groups excluding carboxylic acids is 1. The first-order valence-corrected chi connectivity index (χ1v) is 10.5. The van der Waals surface area contributed by atoms with E-state index in [0.29, 0.717) is 28.1 Å². The summed E-state index contributed by atoms with van der Waals surface area (Å²) in [7, 11) is 1.63. The van der Waals surface area contributed by atoms with E-state index in [-0.39, 0.29) is 18.5 Å². The molecule has 0 atom stereocenters. The van der Waals surface area contributed by atoms with E-state index in [1.165, 1.54) is 11.8 Å². The zero-order chi connectivity index (χ0) is 20.8. The number of rotatable bonds is 8. The second-order valence-electron chi connectivity index (χ2n) is 6.56. The van der Waals surface area contributed by atoms with Crippen molar-refractivity contribution in [3.05, 3.63) is 59.4 Å². The van der Waals surface area contributed by atoms with Crippen LogP contribution in [-0.2, 0) is 11.3 Å². The van der Waals surface area contributed by atoms with Crippen LogP contribution in [0.3, 0.4) is 0 Å². The van der Waals surface area contributed by atoms with Crippen LogP contribution in [0.25, 0.3) is 11.5 Å². The summed E-state index contributed by atoms with van der Waals surface area (Å²) >= 11 is 7.67. The summed E-state index contributed by atoms with van der Waals surface area (Å²) < 4.78 is 10.9. The topological polar surface area (TPSA) is 68.5 Å². The molecule has 0 radical (unpaired) electrons. The zero-order valence-electron chi connectivity index (χ0n) is 16.5. The molecule has 3 rings (SSSR count). The number of aromatic nitrogens is 2. The maximum Gasteiger partial charge on any atom is 0.249 e. The minimum Gasteiger partial charge on any atom is -0.497 e. The largest absolute Gasteiger partial charge is 0.497 e. The Morgan fingerprint density at radius 3 is 2.55 bits per heavy atom. The van der Waals surface area contributed by atoms with Gasteiger partial charge in [-0.15, -0.1) is 22.0 Å². The number of thioether (sulfide) groups is 1. The molecule has 1 aromatic heterocycles. The van der Waals surface area contributed by atoms with Gasteiger partial charge in [0, 0.05) is 10.9 Å². The van der Waals surface area contributed by atoms with Crippen LogP contribution in [0.5, 0.6) is 5.75 Å². The highest BCUT2D eigenvalue weighted by Crippen LogP contribution is 2.27. The number of amides is 1. The average molecular weight is 432 g/mol. The lowest BCUT2D eigenvalue weighted by molar-refractivity contribution is -0.131. The molecule has 0 saturated carbocycles. The molecule has 0 bridgehead atoms. The summed E-state index contributed by atoms with van der Waals surface area (Å²) in [4.78, 5) is 15.5. The highest BCUT2D eigenvalue weighted by atomic mass is 35.5. The predicted octanol–water partition coefficient (Wildman–Crippen LogP) is 4.93. The van der Waals surface area contributed by atoms with Gasteiger partial charge in [-0.05, 0) is 50.2 Å². The van der Waals surface area contributed by atoms with Crippen molar-refractivity contribution in [2.75, 3.05) is 12.9 Å². The van der Waals surface area contributed by atoms with E-state index in [2.05, 4.69) is 10.2 Å². The molecule has 0 spiro atoms. The summed E-state index contributed by atoms with van der Waals surface area (Å²) in [5, 5.41) is 8.70. The standard InChI is InChI=1S/C21H22ClN3O3S/c1-14(2)25(20(26)13-29-16-10-8-15(27-3)9-11-16)12-19-23-24-21(28-19)17-6-4-5-7-18(17)22/h4-11,14H,12-13H2,1-3H3. The van der Waals surface area contributed by atoms with Crippen molar-refractivity contribution in [2.45, 2.75) is 31.3 Å². The van der Waals surface area contributed by atoms with Gasteiger partial charge in [0.15, 0.2) is 0 Å². The van der Waals surface area contributed by atoms with Crippen LogP contribution in [0.4, 0.5) is 0 Å². The third-order valence-corrected chi connectivity index (χ3v) is 5.57. The van der Waals surface area contributed by atoms with Crippen LogP contribution in [0.1, 0.15) is 19.7 Å². The van der Waals surface area contributed by atoms with Crippen molar-refractivity contribution in [3.63, 3.8) is 0 Å². The molecule has 1 amide bonds. The number of methoxy groups -OCH3 is 1. The molecule has 29 heavy (non-hydrogen) atoms. The fraction of sp³-hybridized carbons (Fsp3) is 0.286. The van der Waals surface area contributed by atoms with Gasteiger partial charge in [0.05, 0.1) is 30.0 Å². The van der Waals surface area contributed by atoms with E-state index in [0.717, 1.165) is 10.6 Å². The van der Waals surface area contributed by atoms with Gasteiger partial charge in [-0.2, -0.15) is 0 Å². The smallest absolute Gasteiger partial charge is 0.249 e. The Hall–Kier alpha value is -2.51. The van der Waals surface area contributed by atoms with E-state index < -0.39 is 0 Å². The van der Waals surface area contributed by atoms with E-state index in [9.17, 15) is 4.79 Å². The number of hydrogen-bond acceptors (Lipinski definition) is 6. The van der Waals surface area contributed by atoms with Gasteiger partial charge < -0.3 is 14.1 Å². The Morgan fingerprint density at radius 1 is 1.17 bits per heavy atom. The summed E-state index contributed by atoms with van der Waals surface area (Å²) in [6.45, 7) is 4.17. The second kappa shape index (κ2) is 9.80. The second-order valence-corrected chi connectivity index (χ2v) is 8.02. The van der Waals surface area contributed by atoms with E-state index in [1.807, 2.05) is 56.3 Å². The molecular weight excluding hydrogens is 410 g/mol. The van der Waals surface area contributed by atoms with Crippen LogP contribution < -0.4 is 4.74 Å². The first kappa shape index (κ1) is 21.2. The molecule has 0 unspecified atom stereocenters. The fourth-order valence-corrected chi connectivity index (χ4v) is 3.67. The Morgan fingerprint density at radius 2 is 1.90 bits per heavy atom. The molecule has 0 N–H and O–H groups in total. The Labute approximate surface area is 179 Å². The maximum atomic E-state index is 12.8. The van der Waals surface area contributed by atoms with E-state index in [1.54, 1.807) is 18.1 Å². The highest BCUT2D eigenvalue weighted by Gasteiger charge is 2.21. The Kier molecular flexibility index (Phi) is 7.17. The van der Waals surface area contributed by atoms with Crippen LogP contribution in [0.15, 0.2) is 57.8 Å². The number of carbonyl (C=O) groups is 1. The average Bonchev–Trinajstić information content (AvgIpc) is 3.19. The maximum absolute atomic E-state index is 12.8. The molecule has 152 valence electrons. The van der Waals surface area contributed by atoms with Gasteiger partial charge in [-0.1, -0.05) is 23.7 Å². The van der Waals surface area contributed by atoms with Gasteiger partial charge in [0.25, 0.3) is 0 Å². The molecule has 0 aliphatic heterocycles. The van der Waals surface area contributed by atoms with E-state index in [4.69, 9.17) is 20.8 Å². The molecule has 6 nitrogen and oxygen atoms in total. The molecule has 2 aromatic carbocycles. The molecule has 0 saturated heterocycles. The van der Waals surface area contributed by atoms with Crippen LogP contribution in [-0.4, -0.2) is 39.9 Å². The van der Waals surface area contributed by atoms with Crippen molar-refractivity contribution in [2.24, 2.45) is 0 Å². The van der Waals surface area contributed by atoms with E-state index >= 15 is 0 Å². The predicted molar refractivity (Wildman–Crippen MR) is 114 cm³/mol. The normalized spacial score (nSPS) is 10.9. The molecule has 0 aliphatic rings. The minimum atomic E-state index is -0.00497. The summed E-state index contributed by atoms with van der Waals surface area (Å²) in [6.07, 6.45) is 0. The molecule has 1 heterocycles. The Balaban J connectivity index is 1.65. The summed E-state index contributed by atoms with van der Waals surface area (Å²) in [6, 6.07) is 14.9. The lowest BCUT2D eigenvalue weighted by atomic mass is 10.2. The summed E-state index contributed by atoms with van der Waals surface area (Å²) in [5.41, 5.74) is 0.672. The van der Waals surface area contributed by atoms with Gasteiger partial charge in [0.1, 0.15) is 5.75 Å². The summed E-state index contributed by atoms with van der Waals surface area (Å²) in [5.74, 6) is 1.81. The SMILES string of the molecule is COc1ccc(SCC(=O)N(Cc2nnc(-c3ccccc3Cl)o2)C(C)C)cc1. The third kappa shape index (κ3) is 5.52. The monoisotopic (exact) mass is 431 g/mol. The molecule has 8 heteroatoms. The van der Waals surface area contributed by atoms with Crippen LogP contribution >= 0.6 is 23.4 Å². The number of benzene rings is 2. The van der Waals surface area contributed by atoms with Crippen molar-refractivity contribution in [1.29, 1.82) is 0 Å². The van der Waals surface area contributed by atoms with Gasteiger partial charge in [-0.25, -0.2) is 0 Å². The van der Waals surface area contributed by atoms with Gasteiger partial charge >= 0.3 is 0 Å². The number of ether oxygens (including phenoxy) is 1. The lowest BCUT2D eigenvalue weighted by Crippen LogP contribution is -2.37. The third-order valence-electron chi connectivity index (χ3n) is 4.24. The molecule has 0 aliphatic carbocycles. The van der Waals surface area contributed by atoms with Crippen LogP contribution in [0.2, 0.25) is 5.02 Å². The lowest BCUT2D eigenvalue weighted by Gasteiger charge is -2.25. The highest BCUT2D eigenvalue weighted by molar-refractivity contribution is 8.00. The molecule has 0 fully saturated rings. The van der Waals surface area contributed by atoms with Crippen molar-refractivity contribution >= 4 is 29.3 Å². The van der Waals surface area contributed by atoms with Crippen LogP contribution in [0, 0.1) is 0 Å². The first-order valence-electron chi connectivity index (χ1n) is 9.11. The van der Waals surface area contributed by atoms with Crippen molar-refractivity contribution < 1.29 is 13.9 Å². The Bertz CT molecular complexity index is 960. The molecule has 3 aromatic rings. The number of nitrogens with zero attached hydrogens (tertiary/aromatic N) is 3. The quantitative estimate of drug-likeness (QED) is 0.471. The van der Waals surface area contributed by atoms with Gasteiger partial charge in [0.2, 0.25) is 17.7 Å². The molecular formula is C21H22ClN3O3S.